The lowest BCUT2D eigenvalue weighted by molar-refractivity contribution is -0.348. The van der Waals surface area contributed by atoms with E-state index >= 15 is 0 Å². The molecule has 0 aliphatic carbocycles. The summed E-state index contributed by atoms with van der Waals surface area (Å²) >= 11 is 0. The van der Waals surface area contributed by atoms with Crippen molar-refractivity contribution < 1.29 is 30.7 Å². The molecule has 0 saturated carbocycles. The second-order valence-corrected chi connectivity index (χ2v) is 5.71. The van der Waals surface area contributed by atoms with Gasteiger partial charge in [-0.15, -0.1) is 0 Å². The van der Waals surface area contributed by atoms with Gasteiger partial charge >= 0.3 is 18.0 Å². The lowest BCUT2D eigenvalue weighted by Gasteiger charge is -2.32. The molecule has 0 radical (unpaired) electrons. The van der Waals surface area contributed by atoms with Crippen LogP contribution in [0, 0.1) is 0 Å². The van der Waals surface area contributed by atoms with E-state index in [0.29, 0.717) is 12.1 Å². The average molecular weight is 317 g/mol. The van der Waals surface area contributed by atoms with Crippen molar-refractivity contribution in [2.24, 2.45) is 0 Å². The largest absolute Gasteiger partial charge is 0.435 e. The molecule has 0 saturated heterocycles. The van der Waals surface area contributed by atoms with Gasteiger partial charge in [-0.2, -0.15) is 26.3 Å². The minimum absolute atomic E-state index is 0.00190. The van der Waals surface area contributed by atoms with Gasteiger partial charge in [-0.1, -0.05) is 26.8 Å². The maximum Gasteiger partial charge on any atom is 0.435 e. The maximum absolute atomic E-state index is 13.9. The summed E-state index contributed by atoms with van der Waals surface area (Å²) in [4.78, 5) is 0. The molecule has 1 nitrogen and oxygen atoms in total. The maximum atomic E-state index is 13.9. The van der Waals surface area contributed by atoms with Gasteiger partial charge in [-0.25, -0.2) is 4.39 Å². The van der Waals surface area contributed by atoms with Crippen LogP contribution in [0.25, 0.3) is 0 Å². The number of hydrogen-bond donors (Lipinski definition) is 1. The Morgan fingerprint density at radius 1 is 0.810 bits per heavy atom. The summed E-state index contributed by atoms with van der Waals surface area (Å²) in [7, 11) is 0. The number of nitrogen functional groups attached to an aromatic ring is 1. The van der Waals surface area contributed by atoms with Gasteiger partial charge in [0.2, 0.25) is 0 Å². The Bertz CT molecular complexity index is 509. The fourth-order valence-corrected chi connectivity index (χ4v) is 1.91. The lowest BCUT2D eigenvalue weighted by Crippen LogP contribution is -2.50. The van der Waals surface area contributed by atoms with E-state index in [2.05, 4.69) is 0 Å². The van der Waals surface area contributed by atoms with E-state index in [1.807, 2.05) is 0 Å². The Balaban J connectivity index is 3.64. The number of alkyl halides is 7. The Morgan fingerprint density at radius 3 is 1.57 bits per heavy atom. The van der Waals surface area contributed by atoms with Crippen molar-refractivity contribution in [2.75, 3.05) is 5.73 Å². The second-order valence-electron chi connectivity index (χ2n) is 5.71. The lowest BCUT2D eigenvalue weighted by atomic mass is 9.82. The Morgan fingerprint density at radius 2 is 1.24 bits per heavy atom. The van der Waals surface area contributed by atoms with E-state index in [1.165, 1.54) is 0 Å². The van der Waals surface area contributed by atoms with E-state index < -0.39 is 29.0 Å². The van der Waals surface area contributed by atoms with Gasteiger partial charge in [-0.05, 0) is 23.1 Å². The molecule has 0 aliphatic heterocycles. The summed E-state index contributed by atoms with van der Waals surface area (Å²) in [5, 5.41) is 0. The number of hydrogen-bond acceptors (Lipinski definition) is 1. The Hall–Kier alpha value is -1.47. The van der Waals surface area contributed by atoms with Gasteiger partial charge in [-0.3, -0.25) is 0 Å². The molecule has 21 heavy (non-hydrogen) atoms. The van der Waals surface area contributed by atoms with Crippen LogP contribution in [0.1, 0.15) is 31.9 Å². The number of halogens is 7. The van der Waals surface area contributed by atoms with Crippen molar-refractivity contribution in [3.05, 3.63) is 29.3 Å². The third kappa shape index (κ3) is 2.94. The van der Waals surface area contributed by atoms with Crippen molar-refractivity contribution in [1.29, 1.82) is 0 Å². The molecular formula is C13H14F7N. The molecule has 0 aliphatic rings. The molecule has 0 unspecified atom stereocenters. The van der Waals surface area contributed by atoms with Gasteiger partial charge in [0.25, 0.3) is 0 Å². The molecule has 0 atom stereocenters. The van der Waals surface area contributed by atoms with Crippen LogP contribution >= 0.6 is 0 Å². The molecule has 1 rings (SSSR count). The molecule has 0 heterocycles. The highest BCUT2D eigenvalue weighted by atomic mass is 19.4. The number of benzene rings is 1. The first-order chi connectivity index (χ1) is 9.12. The summed E-state index contributed by atoms with van der Waals surface area (Å²) in [6.07, 6.45) is -12.3. The van der Waals surface area contributed by atoms with Crippen LogP contribution < -0.4 is 5.73 Å². The predicted octanol–water partition coefficient (Wildman–Crippen LogP) is 4.86. The van der Waals surface area contributed by atoms with Crippen molar-refractivity contribution in [1.82, 2.24) is 0 Å². The standard InChI is InChI=1S/C13H14F7N/c1-10(2,3)8-6-7(4-5-9(8)21)11(14,12(15,16)17)13(18,19)20/h4-6H,21H2,1-3H3. The van der Waals surface area contributed by atoms with Crippen LogP contribution in [0.5, 0.6) is 0 Å². The van der Waals surface area contributed by atoms with Crippen LogP contribution in [0.3, 0.4) is 0 Å². The second kappa shape index (κ2) is 4.78. The fourth-order valence-electron chi connectivity index (χ4n) is 1.91. The van der Waals surface area contributed by atoms with Gasteiger partial charge < -0.3 is 5.73 Å². The Labute approximate surface area is 116 Å². The monoisotopic (exact) mass is 317 g/mol. The Kier molecular flexibility index (Phi) is 4.00. The topological polar surface area (TPSA) is 26.0 Å². The van der Waals surface area contributed by atoms with Crippen LogP contribution in [0.2, 0.25) is 0 Å². The van der Waals surface area contributed by atoms with Crippen molar-refractivity contribution >= 4 is 5.69 Å². The minimum Gasteiger partial charge on any atom is -0.398 e. The predicted molar refractivity (Wildman–Crippen MR) is 64.5 cm³/mol. The molecule has 2 N–H and O–H groups in total. The third-order valence-corrected chi connectivity index (χ3v) is 3.04. The zero-order chi connectivity index (χ0) is 16.9. The molecule has 8 heteroatoms. The van der Waals surface area contributed by atoms with Gasteiger partial charge in [0, 0.05) is 11.3 Å². The summed E-state index contributed by atoms with van der Waals surface area (Å²) in [5.74, 6) is 0. The van der Waals surface area contributed by atoms with Gasteiger partial charge in [0.05, 0.1) is 0 Å². The molecule has 0 fully saturated rings. The third-order valence-electron chi connectivity index (χ3n) is 3.04. The first kappa shape index (κ1) is 17.6. The van der Waals surface area contributed by atoms with Crippen molar-refractivity contribution in [3.63, 3.8) is 0 Å². The van der Waals surface area contributed by atoms with E-state index in [4.69, 9.17) is 5.73 Å². The quantitative estimate of drug-likeness (QED) is 0.581. The summed E-state index contributed by atoms with van der Waals surface area (Å²) in [5.41, 5.74) is -2.24. The highest BCUT2D eigenvalue weighted by Crippen LogP contribution is 2.53. The van der Waals surface area contributed by atoms with E-state index in [9.17, 15) is 30.7 Å². The van der Waals surface area contributed by atoms with Crippen LogP contribution in [0.4, 0.5) is 36.4 Å². The zero-order valence-corrected chi connectivity index (χ0v) is 11.5. The first-order valence-corrected chi connectivity index (χ1v) is 5.85. The molecular weight excluding hydrogens is 303 g/mol. The van der Waals surface area contributed by atoms with Crippen molar-refractivity contribution in [2.45, 2.75) is 44.2 Å². The van der Waals surface area contributed by atoms with E-state index in [-0.39, 0.29) is 11.3 Å². The normalized spacial score (nSPS) is 14.4. The van der Waals surface area contributed by atoms with Crippen LogP contribution in [-0.2, 0) is 11.1 Å². The van der Waals surface area contributed by atoms with Crippen LogP contribution in [-0.4, -0.2) is 12.4 Å². The van der Waals surface area contributed by atoms with E-state index in [1.54, 1.807) is 20.8 Å². The summed E-state index contributed by atoms with van der Waals surface area (Å²) < 4.78 is 90.1. The zero-order valence-electron chi connectivity index (χ0n) is 11.5. The fraction of sp³-hybridized carbons (Fsp3) is 0.538. The van der Waals surface area contributed by atoms with Crippen molar-refractivity contribution in [3.8, 4) is 0 Å². The molecule has 0 bridgehead atoms. The summed E-state index contributed by atoms with van der Waals surface area (Å²) in [6, 6.07) is 1.78. The average Bonchev–Trinajstić information content (AvgIpc) is 2.23. The minimum atomic E-state index is -6.13. The molecule has 1 aromatic rings. The molecule has 0 aromatic heterocycles. The van der Waals surface area contributed by atoms with Gasteiger partial charge in [0.15, 0.2) is 0 Å². The highest BCUT2D eigenvalue weighted by Gasteiger charge is 2.73. The van der Waals surface area contributed by atoms with Gasteiger partial charge in [0.1, 0.15) is 0 Å². The summed E-state index contributed by atoms with van der Waals surface area (Å²) in [6.45, 7) is 4.64. The SMILES string of the molecule is CC(C)(C)c1cc(C(F)(C(F)(F)F)C(F)(F)F)ccc1N. The van der Waals surface area contributed by atoms with E-state index in [0.717, 1.165) is 6.07 Å². The molecule has 1 aromatic carbocycles. The molecule has 0 amide bonds. The number of rotatable bonds is 1. The molecule has 0 spiro atoms. The number of anilines is 1. The highest BCUT2D eigenvalue weighted by molar-refractivity contribution is 5.53. The number of nitrogens with two attached hydrogens (primary N) is 1. The van der Waals surface area contributed by atoms with Crippen LogP contribution in [0.15, 0.2) is 18.2 Å². The first-order valence-electron chi connectivity index (χ1n) is 5.85. The molecule has 120 valence electrons. The smallest absolute Gasteiger partial charge is 0.398 e.